The van der Waals surface area contributed by atoms with Crippen LogP contribution in [-0.4, -0.2) is 17.6 Å². The number of carbonyl (C=O) groups is 1. The van der Waals surface area contributed by atoms with Crippen molar-refractivity contribution < 1.29 is 9.53 Å². The lowest BCUT2D eigenvalue weighted by atomic mass is 10.3. The van der Waals surface area contributed by atoms with Crippen LogP contribution in [0, 0.1) is 0 Å². The van der Waals surface area contributed by atoms with Gasteiger partial charge in [0.05, 0.1) is 16.8 Å². The summed E-state index contributed by atoms with van der Waals surface area (Å²) in [6.07, 6.45) is 0. The van der Waals surface area contributed by atoms with E-state index in [1.165, 1.54) is 11.3 Å². The van der Waals surface area contributed by atoms with Crippen LogP contribution in [0.15, 0.2) is 18.2 Å². The van der Waals surface area contributed by atoms with Gasteiger partial charge in [0.25, 0.3) is 0 Å². The number of nitrogen functional groups attached to an aromatic ring is 1. The highest BCUT2D eigenvalue weighted by Gasteiger charge is 2.11. The molecule has 0 saturated carbocycles. The van der Waals surface area contributed by atoms with Gasteiger partial charge >= 0.3 is 5.97 Å². The van der Waals surface area contributed by atoms with Crippen molar-refractivity contribution in [3.05, 3.63) is 23.1 Å². The predicted octanol–water partition coefficient (Wildman–Crippen LogP) is 2.06. The molecule has 0 spiro atoms. The third-order valence-corrected chi connectivity index (χ3v) is 2.94. The molecule has 0 fully saturated rings. The fourth-order valence-electron chi connectivity index (χ4n) is 1.24. The van der Waals surface area contributed by atoms with Crippen LogP contribution in [0.5, 0.6) is 0 Å². The normalized spacial score (nSPS) is 10.5. The molecule has 0 aliphatic heterocycles. The first-order valence-corrected chi connectivity index (χ1v) is 5.35. The minimum absolute atomic E-state index is 0.306. The molecule has 0 bridgehead atoms. The number of hydrogen-bond donors (Lipinski definition) is 1. The van der Waals surface area contributed by atoms with E-state index in [1.807, 2.05) is 6.07 Å². The summed E-state index contributed by atoms with van der Waals surface area (Å²) >= 11 is 1.36. The van der Waals surface area contributed by atoms with Gasteiger partial charge in [0.2, 0.25) is 0 Å². The van der Waals surface area contributed by atoms with Gasteiger partial charge in [-0.25, -0.2) is 9.78 Å². The molecule has 2 aromatic rings. The molecule has 78 valence electrons. The predicted molar refractivity (Wildman–Crippen MR) is 60.0 cm³/mol. The molecule has 4 nitrogen and oxygen atoms in total. The van der Waals surface area contributed by atoms with Crippen molar-refractivity contribution in [2.75, 3.05) is 12.3 Å². The van der Waals surface area contributed by atoms with E-state index in [1.54, 1.807) is 19.1 Å². The molecule has 2 heterocycles. The van der Waals surface area contributed by atoms with Crippen molar-refractivity contribution in [1.82, 2.24) is 4.98 Å². The molecule has 0 atom stereocenters. The van der Waals surface area contributed by atoms with Gasteiger partial charge in [-0.05, 0) is 25.1 Å². The van der Waals surface area contributed by atoms with Gasteiger partial charge in [0.15, 0.2) is 0 Å². The minimum atomic E-state index is -0.306. The fraction of sp³-hybridized carbons (Fsp3) is 0.200. The van der Waals surface area contributed by atoms with Crippen LogP contribution in [0.4, 0.5) is 5.82 Å². The average molecular weight is 222 g/mol. The molecule has 0 aromatic carbocycles. The number of nitrogens with two attached hydrogens (primary N) is 1. The Bertz CT molecular complexity index is 507. The van der Waals surface area contributed by atoms with Crippen molar-refractivity contribution >= 4 is 33.3 Å². The summed E-state index contributed by atoms with van der Waals surface area (Å²) in [7, 11) is 0. The molecular weight excluding hydrogens is 212 g/mol. The molecule has 0 aliphatic rings. The first-order chi connectivity index (χ1) is 7.20. The maximum atomic E-state index is 11.4. The SMILES string of the molecule is CCOC(=O)c1cc2nc(N)ccc2s1. The second-order valence-electron chi connectivity index (χ2n) is 2.95. The van der Waals surface area contributed by atoms with Crippen LogP contribution in [0.1, 0.15) is 16.6 Å². The second kappa shape index (κ2) is 3.86. The Kier molecular flexibility index (Phi) is 2.55. The number of ether oxygens (including phenoxy) is 1. The third-order valence-electron chi connectivity index (χ3n) is 1.87. The first-order valence-electron chi connectivity index (χ1n) is 4.54. The van der Waals surface area contributed by atoms with E-state index in [2.05, 4.69) is 4.98 Å². The van der Waals surface area contributed by atoms with Crippen LogP contribution in [0.25, 0.3) is 10.2 Å². The summed E-state index contributed by atoms with van der Waals surface area (Å²) in [4.78, 5) is 16.1. The summed E-state index contributed by atoms with van der Waals surface area (Å²) in [5.74, 6) is 0.148. The summed E-state index contributed by atoms with van der Waals surface area (Å²) < 4.78 is 5.84. The molecule has 15 heavy (non-hydrogen) atoms. The zero-order valence-electron chi connectivity index (χ0n) is 8.19. The highest BCUT2D eigenvalue weighted by Crippen LogP contribution is 2.25. The Morgan fingerprint density at radius 3 is 3.13 bits per heavy atom. The molecular formula is C10H10N2O2S. The van der Waals surface area contributed by atoms with E-state index in [0.717, 1.165) is 10.2 Å². The minimum Gasteiger partial charge on any atom is -0.462 e. The number of thiophene rings is 1. The van der Waals surface area contributed by atoms with Gasteiger partial charge < -0.3 is 10.5 Å². The summed E-state index contributed by atoms with van der Waals surface area (Å²) in [5.41, 5.74) is 6.28. The van der Waals surface area contributed by atoms with Crippen LogP contribution < -0.4 is 5.73 Å². The number of nitrogens with zero attached hydrogens (tertiary/aromatic N) is 1. The van der Waals surface area contributed by atoms with Gasteiger partial charge in [-0.1, -0.05) is 0 Å². The number of aromatic nitrogens is 1. The Morgan fingerprint density at radius 2 is 2.40 bits per heavy atom. The van der Waals surface area contributed by atoms with Crippen molar-refractivity contribution in [2.45, 2.75) is 6.92 Å². The lowest BCUT2D eigenvalue weighted by Gasteiger charge is -1.95. The van der Waals surface area contributed by atoms with Gasteiger partial charge in [0, 0.05) is 0 Å². The maximum Gasteiger partial charge on any atom is 0.348 e. The van der Waals surface area contributed by atoms with E-state index in [9.17, 15) is 4.79 Å². The average Bonchev–Trinajstić information content (AvgIpc) is 2.60. The van der Waals surface area contributed by atoms with E-state index < -0.39 is 0 Å². The number of carbonyl (C=O) groups excluding carboxylic acids is 1. The van der Waals surface area contributed by atoms with Gasteiger partial charge in [-0.2, -0.15) is 0 Å². The maximum absolute atomic E-state index is 11.4. The standard InChI is InChI=1S/C10H10N2O2S/c1-2-14-10(13)8-5-6-7(15-8)3-4-9(11)12-6/h3-5H,2H2,1H3,(H2,11,12). The number of rotatable bonds is 2. The topological polar surface area (TPSA) is 65.2 Å². The van der Waals surface area contributed by atoms with E-state index >= 15 is 0 Å². The van der Waals surface area contributed by atoms with Crippen LogP contribution >= 0.6 is 11.3 Å². The van der Waals surface area contributed by atoms with Crippen LogP contribution in [0.3, 0.4) is 0 Å². The summed E-state index contributed by atoms with van der Waals surface area (Å²) in [6, 6.07) is 5.27. The molecule has 2 N–H and O–H groups in total. The van der Waals surface area contributed by atoms with Crippen LogP contribution in [-0.2, 0) is 4.74 Å². The van der Waals surface area contributed by atoms with Crippen molar-refractivity contribution in [2.24, 2.45) is 0 Å². The Hall–Kier alpha value is -1.62. The molecule has 0 amide bonds. The molecule has 0 aliphatic carbocycles. The Morgan fingerprint density at radius 1 is 1.60 bits per heavy atom. The highest BCUT2D eigenvalue weighted by atomic mass is 32.1. The Labute approximate surface area is 90.7 Å². The lowest BCUT2D eigenvalue weighted by Crippen LogP contribution is -2.01. The number of hydrogen-bond acceptors (Lipinski definition) is 5. The molecule has 0 saturated heterocycles. The molecule has 0 unspecified atom stereocenters. The third kappa shape index (κ3) is 1.92. The zero-order chi connectivity index (χ0) is 10.8. The van der Waals surface area contributed by atoms with E-state index in [-0.39, 0.29) is 5.97 Å². The molecule has 5 heteroatoms. The quantitative estimate of drug-likeness (QED) is 0.790. The fourth-order valence-corrected chi connectivity index (χ4v) is 2.14. The van der Waals surface area contributed by atoms with Gasteiger partial charge in [-0.15, -0.1) is 11.3 Å². The lowest BCUT2D eigenvalue weighted by molar-refractivity contribution is 0.0532. The van der Waals surface area contributed by atoms with Gasteiger partial charge in [-0.3, -0.25) is 0 Å². The van der Waals surface area contributed by atoms with Crippen molar-refractivity contribution in [3.8, 4) is 0 Å². The number of pyridine rings is 1. The smallest absolute Gasteiger partial charge is 0.348 e. The summed E-state index contributed by atoms with van der Waals surface area (Å²) in [6.45, 7) is 2.16. The largest absolute Gasteiger partial charge is 0.462 e. The Balaban J connectivity index is 2.42. The first kappa shape index (κ1) is 9.92. The highest BCUT2D eigenvalue weighted by molar-refractivity contribution is 7.20. The zero-order valence-corrected chi connectivity index (χ0v) is 9.00. The molecule has 2 rings (SSSR count). The molecule has 0 radical (unpaired) electrons. The summed E-state index contributed by atoms with van der Waals surface area (Å²) in [5, 5.41) is 0. The number of fused-ring (bicyclic) bond motifs is 1. The van der Waals surface area contributed by atoms with Crippen molar-refractivity contribution in [1.29, 1.82) is 0 Å². The second-order valence-corrected chi connectivity index (χ2v) is 4.03. The van der Waals surface area contributed by atoms with Crippen LogP contribution in [0.2, 0.25) is 0 Å². The van der Waals surface area contributed by atoms with Gasteiger partial charge in [0.1, 0.15) is 10.7 Å². The number of esters is 1. The van der Waals surface area contributed by atoms with E-state index in [4.69, 9.17) is 10.5 Å². The van der Waals surface area contributed by atoms with Crippen molar-refractivity contribution in [3.63, 3.8) is 0 Å². The van der Waals surface area contributed by atoms with E-state index in [0.29, 0.717) is 17.3 Å². The monoisotopic (exact) mass is 222 g/mol. The molecule has 2 aromatic heterocycles. The number of anilines is 1.